The summed E-state index contributed by atoms with van der Waals surface area (Å²) < 4.78 is 26.9. The predicted octanol–water partition coefficient (Wildman–Crippen LogP) is 6.07. The van der Waals surface area contributed by atoms with Crippen LogP contribution in [0, 0.1) is 5.82 Å². The van der Waals surface area contributed by atoms with Crippen molar-refractivity contribution in [1.29, 1.82) is 0 Å². The van der Waals surface area contributed by atoms with Gasteiger partial charge in [0, 0.05) is 42.8 Å². The lowest BCUT2D eigenvalue weighted by Gasteiger charge is -2.39. The van der Waals surface area contributed by atoms with E-state index in [1.54, 1.807) is 13.2 Å². The molecule has 2 saturated heterocycles. The van der Waals surface area contributed by atoms with Crippen LogP contribution in [0.5, 0.6) is 11.5 Å². The molecule has 3 heterocycles. The summed E-state index contributed by atoms with van der Waals surface area (Å²) in [5.41, 5.74) is 0.747. The summed E-state index contributed by atoms with van der Waals surface area (Å²) in [7, 11) is 5.63. The molecule has 2 bridgehead atoms. The standard InChI is InChI=1S/C28H32Cl2FN5O3/c1-35(2)10-4-5-25(37)36-16-6-7-17(36)12-18(11-16)39-24-13-19-22(14-23(24)38-3)32-15-33-28(19)34-21-9-8-20(29)26(30)27(21)31/h8-9,13-18H,4-7,10-12H2,1-3H3,(H,32,33,34)/t16-,17+,18?. The van der Waals surface area contributed by atoms with E-state index in [2.05, 4.69) is 25.1 Å². The average molecular weight is 577 g/mol. The number of carbonyl (C=O) groups is 1. The summed E-state index contributed by atoms with van der Waals surface area (Å²) in [6, 6.07) is 6.98. The van der Waals surface area contributed by atoms with Crippen molar-refractivity contribution in [1.82, 2.24) is 19.8 Å². The van der Waals surface area contributed by atoms with Gasteiger partial charge >= 0.3 is 0 Å². The van der Waals surface area contributed by atoms with Crippen LogP contribution >= 0.6 is 23.2 Å². The second-order valence-corrected chi connectivity index (χ2v) is 11.2. The molecule has 2 aliphatic heterocycles. The highest BCUT2D eigenvalue weighted by molar-refractivity contribution is 6.42. The lowest BCUT2D eigenvalue weighted by atomic mass is 9.98. The Morgan fingerprint density at radius 2 is 1.90 bits per heavy atom. The molecule has 0 radical (unpaired) electrons. The molecule has 8 nitrogen and oxygen atoms in total. The van der Waals surface area contributed by atoms with E-state index in [-0.39, 0.29) is 39.8 Å². The van der Waals surface area contributed by atoms with E-state index in [1.807, 2.05) is 20.2 Å². The lowest BCUT2D eigenvalue weighted by Crippen LogP contribution is -2.49. The van der Waals surface area contributed by atoms with E-state index in [0.717, 1.165) is 38.6 Å². The first-order valence-electron chi connectivity index (χ1n) is 13.1. The number of aromatic nitrogens is 2. The molecule has 3 aromatic rings. The number of halogens is 3. The van der Waals surface area contributed by atoms with Crippen molar-refractivity contribution in [3.63, 3.8) is 0 Å². The van der Waals surface area contributed by atoms with Crippen LogP contribution in [0.25, 0.3) is 10.9 Å². The minimum atomic E-state index is -0.667. The van der Waals surface area contributed by atoms with Gasteiger partial charge in [-0.2, -0.15) is 0 Å². The zero-order valence-corrected chi connectivity index (χ0v) is 23.7. The Labute approximate surface area is 237 Å². The van der Waals surface area contributed by atoms with Gasteiger partial charge in [-0.3, -0.25) is 4.79 Å². The summed E-state index contributed by atoms with van der Waals surface area (Å²) in [6.45, 7) is 0.903. The molecule has 0 spiro atoms. The van der Waals surface area contributed by atoms with Crippen molar-refractivity contribution in [2.75, 3.05) is 33.1 Å². The molecular formula is C28H32Cl2FN5O3. The van der Waals surface area contributed by atoms with Gasteiger partial charge < -0.3 is 24.6 Å². The van der Waals surface area contributed by atoms with Crippen molar-refractivity contribution < 1.29 is 18.7 Å². The molecule has 208 valence electrons. The molecular weight excluding hydrogens is 544 g/mol. The number of piperidine rings is 1. The fraction of sp³-hybridized carbons (Fsp3) is 0.464. The highest BCUT2D eigenvalue weighted by Crippen LogP contribution is 2.41. The molecule has 1 aromatic heterocycles. The van der Waals surface area contributed by atoms with E-state index in [9.17, 15) is 9.18 Å². The van der Waals surface area contributed by atoms with E-state index in [1.165, 1.54) is 18.5 Å². The van der Waals surface area contributed by atoms with Gasteiger partial charge in [0.15, 0.2) is 17.3 Å². The molecule has 0 aliphatic carbocycles. The Balaban J connectivity index is 1.35. The van der Waals surface area contributed by atoms with Gasteiger partial charge in [-0.05, 0) is 58.1 Å². The molecule has 2 fully saturated rings. The largest absolute Gasteiger partial charge is 0.493 e. The minimum Gasteiger partial charge on any atom is -0.493 e. The Bertz CT molecular complexity index is 1360. The van der Waals surface area contributed by atoms with Gasteiger partial charge in [0.2, 0.25) is 5.91 Å². The molecule has 11 heteroatoms. The van der Waals surface area contributed by atoms with E-state index < -0.39 is 5.82 Å². The summed E-state index contributed by atoms with van der Waals surface area (Å²) in [5, 5.41) is 3.60. The quantitative estimate of drug-likeness (QED) is 0.310. The number of benzene rings is 2. The van der Waals surface area contributed by atoms with Crippen LogP contribution in [0.4, 0.5) is 15.9 Å². The number of fused-ring (bicyclic) bond motifs is 3. The van der Waals surface area contributed by atoms with Crippen molar-refractivity contribution >= 4 is 51.5 Å². The SMILES string of the molecule is COc1cc2ncnc(Nc3ccc(Cl)c(Cl)c3F)c2cc1OC1C[C@H]2CC[C@@H](C1)N2C(=O)CCCN(C)C. The van der Waals surface area contributed by atoms with Crippen LogP contribution in [0.1, 0.15) is 38.5 Å². The number of nitrogens with zero attached hydrogens (tertiary/aromatic N) is 4. The monoisotopic (exact) mass is 575 g/mol. The van der Waals surface area contributed by atoms with E-state index >= 15 is 0 Å². The van der Waals surface area contributed by atoms with Crippen molar-refractivity contribution in [3.8, 4) is 11.5 Å². The average Bonchev–Trinajstić information content (AvgIpc) is 3.18. The third-order valence-corrected chi connectivity index (χ3v) is 8.26. The van der Waals surface area contributed by atoms with Crippen LogP contribution in [-0.2, 0) is 4.79 Å². The zero-order valence-electron chi connectivity index (χ0n) is 22.2. The maximum atomic E-state index is 14.7. The van der Waals surface area contributed by atoms with Gasteiger partial charge in [0.1, 0.15) is 18.2 Å². The summed E-state index contributed by atoms with van der Waals surface area (Å²) in [6.07, 6.45) is 6.29. The van der Waals surface area contributed by atoms with E-state index in [4.69, 9.17) is 32.7 Å². The summed E-state index contributed by atoms with van der Waals surface area (Å²) >= 11 is 11.9. The minimum absolute atomic E-state index is 0.0618. The van der Waals surface area contributed by atoms with Gasteiger partial charge in [-0.25, -0.2) is 14.4 Å². The first-order valence-corrected chi connectivity index (χ1v) is 13.9. The Morgan fingerprint density at radius 3 is 2.59 bits per heavy atom. The van der Waals surface area contributed by atoms with Crippen LogP contribution in [0.2, 0.25) is 10.0 Å². The van der Waals surface area contributed by atoms with Crippen LogP contribution in [0.15, 0.2) is 30.6 Å². The highest BCUT2D eigenvalue weighted by atomic mass is 35.5. The number of ether oxygens (including phenoxy) is 2. The first-order chi connectivity index (χ1) is 18.7. The number of amides is 1. The number of methoxy groups -OCH3 is 1. The smallest absolute Gasteiger partial charge is 0.223 e. The van der Waals surface area contributed by atoms with Gasteiger partial charge in [-0.1, -0.05) is 23.2 Å². The van der Waals surface area contributed by atoms with Crippen molar-refractivity contribution in [2.45, 2.75) is 56.7 Å². The van der Waals surface area contributed by atoms with Gasteiger partial charge in [0.25, 0.3) is 0 Å². The Morgan fingerprint density at radius 1 is 1.15 bits per heavy atom. The molecule has 1 N–H and O–H groups in total. The lowest BCUT2D eigenvalue weighted by molar-refractivity contribution is -0.137. The van der Waals surface area contributed by atoms with E-state index in [0.29, 0.717) is 34.6 Å². The van der Waals surface area contributed by atoms with Gasteiger partial charge in [-0.15, -0.1) is 0 Å². The molecule has 5 rings (SSSR count). The van der Waals surface area contributed by atoms with Crippen LogP contribution < -0.4 is 14.8 Å². The highest BCUT2D eigenvalue weighted by Gasteiger charge is 2.43. The molecule has 1 unspecified atom stereocenters. The zero-order chi connectivity index (χ0) is 27.7. The molecule has 3 atom stereocenters. The maximum Gasteiger partial charge on any atom is 0.223 e. The van der Waals surface area contributed by atoms with Crippen molar-refractivity contribution in [3.05, 3.63) is 46.5 Å². The fourth-order valence-electron chi connectivity index (χ4n) is 5.65. The number of nitrogens with one attached hydrogen (secondary N) is 1. The number of hydrogen-bond donors (Lipinski definition) is 1. The number of carbonyl (C=O) groups excluding carboxylic acids is 1. The molecule has 2 aromatic carbocycles. The second kappa shape index (κ2) is 11.7. The molecule has 0 saturated carbocycles. The second-order valence-electron chi connectivity index (χ2n) is 10.4. The third kappa shape index (κ3) is 5.85. The number of anilines is 2. The fourth-order valence-corrected chi connectivity index (χ4v) is 5.96. The third-order valence-electron chi connectivity index (χ3n) is 7.48. The Hall–Kier alpha value is -2.88. The van der Waals surface area contributed by atoms with Crippen LogP contribution in [0.3, 0.4) is 0 Å². The number of hydrogen-bond acceptors (Lipinski definition) is 7. The Kier molecular flexibility index (Phi) is 8.30. The summed E-state index contributed by atoms with van der Waals surface area (Å²) in [4.78, 5) is 25.9. The van der Waals surface area contributed by atoms with Crippen molar-refractivity contribution in [2.24, 2.45) is 0 Å². The van der Waals surface area contributed by atoms with Gasteiger partial charge in [0.05, 0.1) is 28.4 Å². The normalized spacial score (nSPS) is 20.5. The predicted molar refractivity (Wildman–Crippen MR) is 151 cm³/mol. The van der Waals surface area contributed by atoms with Crippen LogP contribution in [-0.4, -0.2) is 71.6 Å². The molecule has 1 amide bonds. The number of rotatable bonds is 9. The first kappa shape index (κ1) is 27.7. The molecule has 2 aliphatic rings. The topological polar surface area (TPSA) is 79.8 Å². The molecule has 39 heavy (non-hydrogen) atoms. The maximum absolute atomic E-state index is 14.7. The summed E-state index contributed by atoms with van der Waals surface area (Å²) in [5.74, 6) is 1.06.